The summed E-state index contributed by atoms with van der Waals surface area (Å²) in [6.07, 6.45) is 5.14. The lowest BCUT2D eigenvalue weighted by molar-refractivity contribution is 0.525. The van der Waals surface area contributed by atoms with Gasteiger partial charge in [0.05, 0.1) is 28.5 Å². The molecule has 2 aromatic rings. The third kappa shape index (κ3) is 2.36. The highest BCUT2D eigenvalue weighted by atomic mass is 32.2. The summed E-state index contributed by atoms with van der Waals surface area (Å²) in [4.78, 5) is 0.780. The van der Waals surface area contributed by atoms with E-state index < -0.39 is 10.8 Å². The van der Waals surface area contributed by atoms with Crippen LogP contribution in [0.3, 0.4) is 0 Å². The molecule has 4 nitrogen and oxygen atoms in total. The van der Waals surface area contributed by atoms with Crippen molar-refractivity contribution in [1.82, 2.24) is 9.78 Å². The van der Waals surface area contributed by atoms with Crippen LogP contribution in [0.1, 0.15) is 5.76 Å². The van der Waals surface area contributed by atoms with Gasteiger partial charge in [0.15, 0.2) is 0 Å². The number of rotatable bonds is 4. The van der Waals surface area contributed by atoms with Crippen LogP contribution in [0.2, 0.25) is 0 Å². The third-order valence-corrected chi connectivity index (χ3v) is 3.59. The van der Waals surface area contributed by atoms with Crippen molar-refractivity contribution in [3.63, 3.8) is 0 Å². The Labute approximate surface area is 90.4 Å². The van der Waals surface area contributed by atoms with Crippen molar-refractivity contribution in [2.45, 2.75) is 18.4 Å². The van der Waals surface area contributed by atoms with Gasteiger partial charge in [-0.15, -0.1) is 0 Å². The molecule has 0 saturated carbocycles. The van der Waals surface area contributed by atoms with Gasteiger partial charge in [0, 0.05) is 18.1 Å². The summed E-state index contributed by atoms with van der Waals surface area (Å²) in [5.74, 6) is 1.29. The molecule has 1 unspecified atom stereocenters. The molecular formula is C10H12N2O2S. The highest BCUT2D eigenvalue weighted by Gasteiger charge is 2.09. The number of hydrogen-bond acceptors (Lipinski definition) is 3. The van der Waals surface area contributed by atoms with Gasteiger partial charge >= 0.3 is 0 Å². The summed E-state index contributed by atoms with van der Waals surface area (Å²) in [7, 11) is -1.00. The average molecular weight is 224 g/mol. The molecule has 0 radical (unpaired) electrons. The van der Waals surface area contributed by atoms with E-state index in [1.807, 2.05) is 19.2 Å². The summed E-state index contributed by atoms with van der Waals surface area (Å²) in [6, 6.07) is 3.61. The van der Waals surface area contributed by atoms with Crippen LogP contribution in [0.4, 0.5) is 0 Å². The van der Waals surface area contributed by atoms with Crippen LogP contribution in [-0.4, -0.2) is 19.7 Å². The van der Waals surface area contributed by atoms with Crippen molar-refractivity contribution in [3.05, 3.63) is 36.5 Å². The zero-order chi connectivity index (χ0) is 10.7. The lowest BCUT2D eigenvalue weighted by atomic mass is 10.5. The largest absolute Gasteiger partial charge is 0.468 e. The molecule has 1 atom stereocenters. The number of aryl methyl sites for hydroxylation is 2. The van der Waals surface area contributed by atoms with Crippen LogP contribution in [0.25, 0.3) is 0 Å². The molecule has 5 heteroatoms. The normalized spacial score (nSPS) is 12.9. The van der Waals surface area contributed by atoms with E-state index >= 15 is 0 Å². The average Bonchev–Trinajstić information content (AvgIpc) is 2.84. The van der Waals surface area contributed by atoms with E-state index in [1.54, 1.807) is 23.2 Å². The quantitative estimate of drug-likeness (QED) is 0.792. The Bertz CT molecular complexity index is 448. The zero-order valence-corrected chi connectivity index (χ0v) is 9.24. The number of nitrogens with zero attached hydrogens (tertiary/aromatic N) is 2. The van der Waals surface area contributed by atoms with Crippen LogP contribution < -0.4 is 0 Å². The Hall–Kier alpha value is -1.36. The fourth-order valence-electron chi connectivity index (χ4n) is 1.33. The second-order valence-corrected chi connectivity index (χ2v) is 4.70. The van der Waals surface area contributed by atoms with Gasteiger partial charge in [0.25, 0.3) is 0 Å². The summed E-state index contributed by atoms with van der Waals surface area (Å²) >= 11 is 0. The molecule has 15 heavy (non-hydrogen) atoms. The molecule has 0 aliphatic heterocycles. The third-order valence-electron chi connectivity index (χ3n) is 2.12. The minimum Gasteiger partial charge on any atom is -0.468 e. The lowest BCUT2D eigenvalue weighted by Crippen LogP contribution is -2.08. The Kier molecular flexibility index (Phi) is 3.01. The fraction of sp³-hybridized carbons (Fsp3) is 0.300. The summed E-state index contributed by atoms with van der Waals surface area (Å²) in [5, 5.41) is 4.05. The van der Waals surface area contributed by atoms with E-state index in [1.165, 1.54) is 0 Å². The molecule has 0 amide bonds. The van der Waals surface area contributed by atoms with E-state index in [2.05, 4.69) is 5.10 Å². The second-order valence-electron chi connectivity index (χ2n) is 3.16. The number of aromatic nitrogens is 2. The van der Waals surface area contributed by atoms with E-state index in [-0.39, 0.29) is 0 Å². The van der Waals surface area contributed by atoms with Crippen LogP contribution in [0, 0.1) is 6.92 Å². The maximum atomic E-state index is 11.8. The van der Waals surface area contributed by atoms with Crippen LogP contribution in [-0.2, 0) is 17.3 Å². The molecule has 2 aromatic heterocycles. The van der Waals surface area contributed by atoms with Gasteiger partial charge < -0.3 is 4.42 Å². The minimum atomic E-state index is -1.00. The number of furan rings is 1. The van der Waals surface area contributed by atoms with Crippen molar-refractivity contribution in [2.24, 2.45) is 0 Å². The van der Waals surface area contributed by atoms with Crippen molar-refractivity contribution in [1.29, 1.82) is 0 Å². The van der Waals surface area contributed by atoms with Gasteiger partial charge in [-0.2, -0.15) is 5.10 Å². The number of hydrogen-bond donors (Lipinski definition) is 0. The van der Waals surface area contributed by atoms with Gasteiger partial charge in [-0.05, 0) is 19.1 Å². The molecule has 0 N–H and O–H groups in total. The van der Waals surface area contributed by atoms with Gasteiger partial charge in [-0.3, -0.25) is 8.89 Å². The highest BCUT2D eigenvalue weighted by Crippen LogP contribution is 2.13. The predicted octanol–water partition coefficient (Wildman–Crippen LogP) is 1.59. The van der Waals surface area contributed by atoms with Crippen LogP contribution in [0.5, 0.6) is 0 Å². The van der Waals surface area contributed by atoms with E-state index in [0.717, 1.165) is 10.7 Å². The molecule has 0 saturated heterocycles. The molecule has 0 aromatic carbocycles. The van der Waals surface area contributed by atoms with Gasteiger partial charge in [0.1, 0.15) is 5.76 Å². The molecule has 2 rings (SSSR count). The maximum Gasteiger partial charge on any atom is 0.116 e. The first-order chi connectivity index (χ1) is 7.27. The SMILES string of the molecule is Cc1occc1S(=O)CCn1cccn1. The monoisotopic (exact) mass is 224 g/mol. The first-order valence-electron chi connectivity index (χ1n) is 4.67. The predicted molar refractivity (Wildman–Crippen MR) is 56.9 cm³/mol. The molecule has 0 fully saturated rings. The Morgan fingerprint density at radius 3 is 3.07 bits per heavy atom. The Morgan fingerprint density at radius 2 is 2.47 bits per heavy atom. The molecule has 0 spiro atoms. The molecule has 0 bridgehead atoms. The van der Waals surface area contributed by atoms with Gasteiger partial charge in [-0.1, -0.05) is 0 Å². The van der Waals surface area contributed by atoms with Crippen LogP contribution >= 0.6 is 0 Å². The minimum absolute atomic E-state index is 0.558. The van der Waals surface area contributed by atoms with Crippen LogP contribution in [0.15, 0.2) is 40.1 Å². The fourth-order valence-corrected chi connectivity index (χ4v) is 2.48. The first kappa shape index (κ1) is 10.2. The maximum absolute atomic E-state index is 11.8. The van der Waals surface area contributed by atoms with E-state index in [0.29, 0.717) is 12.3 Å². The van der Waals surface area contributed by atoms with Gasteiger partial charge in [0.2, 0.25) is 0 Å². The van der Waals surface area contributed by atoms with Crippen molar-refractivity contribution >= 4 is 10.8 Å². The molecule has 0 aliphatic rings. The van der Waals surface area contributed by atoms with E-state index in [4.69, 9.17) is 4.42 Å². The van der Waals surface area contributed by atoms with Crippen molar-refractivity contribution < 1.29 is 8.63 Å². The van der Waals surface area contributed by atoms with Gasteiger partial charge in [-0.25, -0.2) is 0 Å². The Morgan fingerprint density at radius 1 is 1.60 bits per heavy atom. The second kappa shape index (κ2) is 4.44. The topological polar surface area (TPSA) is 48.0 Å². The summed E-state index contributed by atoms with van der Waals surface area (Å²) in [6.45, 7) is 2.48. The summed E-state index contributed by atoms with van der Waals surface area (Å²) < 4.78 is 18.7. The smallest absolute Gasteiger partial charge is 0.116 e. The molecule has 80 valence electrons. The standard InChI is InChI=1S/C10H12N2O2S/c1-9-10(3-7-14-9)15(13)8-6-12-5-2-4-11-12/h2-5,7H,6,8H2,1H3. The van der Waals surface area contributed by atoms with E-state index in [9.17, 15) is 4.21 Å². The highest BCUT2D eigenvalue weighted by molar-refractivity contribution is 7.85. The Balaban J connectivity index is 1.96. The molecule has 2 heterocycles. The zero-order valence-electron chi connectivity index (χ0n) is 8.42. The first-order valence-corrected chi connectivity index (χ1v) is 5.99. The lowest BCUT2D eigenvalue weighted by Gasteiger charge is -2.01. The molecule has 0 aliphatic carbocycles. The van der Waals surface area contributed by atoms with Crippen molar-refractivity contribution in [2.75, 3.05) is 5.75 Å². The summed E-state index contributed by atoms with van der Waals surface area (Å²) in [5.41, 5.74) is 0. The molecular weight excluding hydrogens is 212 g/mol. The van der Waals surface area contributed by atoms with Crippen molar-refractivity contribution in [3.8, 4) is 0 Å².